The van der Waals surface area contributed by atoms with Crippen LogP contribution in [0, 0.1) is 0 Å². The Labute approximate surface area is 145 Å². The van der Waals surface area contributed by atoms with Crippen LogP contribution in [0.25, 0.3) is 0 Å². The molecule has 1 fully saturated rings. The molecule has 1 N–H and O–H groups in total. The normalized spacial score (nSPS) is 17.0. The molecule has 0 radical (unpaired) electrons. The molecule has 2 rings (SSSR count). The Morgan fingerprint density at radius 2 is 1.79 bits per heavy atom. The van der Waals surface area contributed by atoms with E-state index in [9.17, 15) is 13.2 Å². The number of benzene rings is 1. The summed E-state index contributed by atoms with van der Waals surface area (Å²) < 4.78 is 26.5. The molecule has 0 unspecified atom stereocenters. The largest absolute Gasteiger partial charge is 0.349 e. The van der Waals surface area contributed by atoms with Gasteiger partial charge in [-0.2, -0.15) is 4.31 Å². The summed E-state index contributed by atoms with van der Waals surface area (Å²) >= 11 is 0. The molecule has 0 atom stereocenters. The van der Waals surface area contributed by atoms with Gasteiger partial charge in [-0.1, -0.05) is 31.7 Å². The third-order valence-corrected chi connectivity index (χ3v) is 6.72. The fraction of sp³-hybridized carbons (Fsp3) is 0.611. The van der Waals surface area contributed by atoms with Crippen LogP contribution in [0.1, 0.15) is 62.7 Å². The predicted octanol–water partition coefficient (Wildman–Crippen LogP) is 3.17. The first kappa shape index (κ1) is 18.9. The molecule has 24 heavy (non-hydrogen) atoms. The zero-order valence-corrected chi connectivity index (χ0v) is 15.6. The van der Waals surface area contributed by atoms with Crippen molar-refractivity contribution < 1.29 is 13.2 Å². The lowest BCUT2D eigenvalue weighted by Crippen LogP contribution is -2.35. The summed E-state index contributed by atoms with van der Waals surface area (Å²) in [5.41, 5.74) is 0.400. The van der Waals surface area contributed by atoms with E-state index in [2.05, 4.69) is 5.32 Å². The van der Waals surface area contributed by atoms with Crippen molar-refractivity contribution in [3.63, 3.8) is 0 Å². The van der Waals surface area contributed by atoms with Crippen LogP contribution in [-0.4, -0.2) is 37.8 Å². The molecule has 1 aromatic carbocycles. The summed E-state index contributed by atoms with van der Waals surface area (Å²) in [5.74, 6) is -0.189. The van der Waals surface area contributed by atoms with E-state index in [1.54, 1.807) is 19.2 Å². The number of nitrogens with zero attached hydrogens (tertiary/aromatic N) is 1. The van der Waals surface area contributed by atoms with Gasteiger partial charge >= 0.3 is 0 Å². The molecular weight excluding hydrogens is 324 g/mol. The van der Waals surface area contributed by atoms with Crippen LogP contribution in [0.15, 0.2) is 29.2 Å². The van der Waals surface area contributed by atoms with Crippen molar-refractivity contribution in [2.75, 3.05) is 7.05 Å². The molecule has 0 saturated heterocycles. The minimum Gasteiger partial charge on any atom is -0.349 e. The van der Waals surface area contributed by atoms with E-state index in [4.69, 9.17) is 0 Å². The Balaban J connectivity index is 2.16. The van der Waals surface area contributed by atoms with Gasteiger partial charge in [0.2, 0.25) is 10.0 Å². The number of amides is 1. The molecule has 0 aromatic heterocycles. The van der Waals surface area contributed by atoms with Crippen molar-refractivity contribution in [3.05, 3.63) is 29.8 Å². The molecular formula is C18H28N2O3S. The molecule has 0 heterocycles. The topological polar surface area (TPSA) is 66.5 Å². The summed E-state index contributed by atoms with van der Waals surface area (Å²) in [6.45, 7) is 3.64. The summed E-state index contributed by atoms with van der Waals surface area (Å²) in [5, 5.41) is 3.06. The smallest absolute Gasteiger partial charge is 0.251 e. The van der Waals surface area contributed by atoms with Crippen molar-refractivity contribution in [1.82, 2.24) is 9.62 Å². The SMILES string of the molecule is CC(C)N(C)S(=O)(=O)c1cccc(C(=O)NC2CCCCCC2)c1. The van der Waals surface area contributed by atoms with Gasteiger partial charge in [-0.05, 0) is 44.9 Å². The lowest BCUT2D eigenvalue weighted by atomic mass is 10.1. The zero-order valence-electron chi connectivity index (χ0n) is 14.8. The van der Waals surface area contributed by atoms with Crippen LogP contribution < -0.4 is 5.32 Å². The first-order valence-electron chi connectivity index (χ1n) is 8.71. The molecule has 1 saturated carbocycles. The average molecular weight is 353 g/mol. The van der Waals surface area contributed by atoms with Gasteiger partial charge in [-0.3, -0.25) is 4.79 Å². The van der Waals surface area contributed by atoms with Gasteiger partial charge in [0.25, 0.3) is 5.91 Å². The molecule has 134 valence electrons. The molecule has 1 amide bonds. The summed E-state index contributed by atoms with van der Waals surface area (Å²) in [6.07, 6.45) is 6.72. The van der Waals surface area contributed by atoms with Gasteiger partial charge in [-0.25, -0.2) is 8.42 Å². The third-order valence-electron chi connectivity index (χ3n) is 4.69. The monoisotopic (exact) mass is 352 g/mol. The highest BCUT2D eigenvalue weighted by Gasteiger charge is 2.24. The standard InChI is InChI=1S/C18H28N2O3S/c1-14(2)20(3)24(22,23)17-12-8-9-15(13-17)18(21)19-16-10-6-4-5-7-11-16/h8-9,12-14,16H,4-7,10-11H2,1-3H3,(H,19,21). The maximum atomic E-state index is 12.6. The van der Waals surface area contributed by atoms with Crippen molar-refractivity contribution in [2.45, 2.75) is 69.4 Å². The third kappa shape index (κ3) is 4.57. The van der Waals surface area contributed by atoms with Crippen LogP contribution in [-0.2, 0) is 10.0 Å². The number of sulfonamides is 1. The van der Waals surface area contributed by atoms with Gasteiger partial charge in [0, 0.05) is 24.7 Å². The van der Waals surface area contributed by atoms with Crippen molar-refractivity contribution in [1.29, 1.82) is 0 Å². The van der Waals surface area contributed by atoms with Gasteiger partial charge in [0.05, 0.1) is 4.90 Å². The van der Waals surface area contributed by atoms with Crippen molar-refractivity contribution >= 4 is 15.9 Å². The molecule has 0 bridgehead atoms. The average Bonchev–Trinajstić information content (AvgIpc) is 2.82. The fourth-order valence-corrected chi connectivity index (χ4v) is 4.35. The van der Waals surface area contributed by atoms with E-state index >= 15 is 0 Å². The van der Waals surface area contributed by atoms with E-state index < -0.39 is 10.0 Å². The lowest BCUT2D eigenvalue weighted by molar-refractivity contribution is 0.0933. The van der Waals surface area contributed by atoms with Crippen LogP contribution in [0.2, 0.25) is 0 Å². The maximum absolute atomic E-state index is 12.6. The number of hydrogen-bond donors (Lipinski definition) is 1. The predicted molar refractivity (Wildman–Crippen MR) is 95.5 cm³/mol. The Hall–Kier alpha value is -1.40. The Morgan fingerprint density at radius 1 is 1.17 bits per heavy atom. The first-order valence-corrected chi connectivity index (χ1v) is 10.2. The van der Waals surface area contributed by atoms with Crippen LogP contribution in [0.3, 0.4) is 0 Å². The number of rotatable bonds is 5. The van der Waals surface area contributed by atoms with Gasteiger partial charge in [0.1, 0.15) is 0 Å². The van der Waals surface area contributed by atoms with Crippen molar-refractivity contribution in [3.8, 4) is 0 Å². The minimum atomic E-state index is -3.58. The highest BCUT2D eigenvalue weighted by molar-refractivity contribution is 7.89. The van der Waals surface area contributed by atoms with E-state index in [-0.39, 0.29) is 22.9 Å². The van der Waals surface area contributed by atoms with Gasteiger partial charge in [0.15, 0.2) is 0 Å². The van der Waals surface area contributed by atoms with Crippen LogP contribution in [0.5, 0.6) is 0 Å². The second kappa shape index (κ2) is 8.12. The molecule has 1 aliphatic carbocycles. The second-order valence-corrected chi connectivity index (χ2v) is 8.80. The van der Waals surface area contributed by atoms with E-state index in [1.807, 2.05) is 13.8 Å². The van der Waals surface area contributed by atoms with Crippen LogP contribution in [0.4, 0.5) is 0 Å². The Kier molecular flexibility index (Phi) is 6.40. The summed E-state index contributed by atoms with van der Waals surface area (Å²) in [4.78, 5) is 12.6. The van der Waals surface area contributed by atoms with Crippen LogP contribution >= 0.6 is 0 Å². The molecule has 1 aromatic rings. The van der Waals surface area contributed by atoms with E-state index in [0.717, 1.165) is 25.7 Å². The fourth-order valence-electron chi connectivity index (χ4n) is 2.93. The molecule has 1 aliphatic rings. The van der Waals surface area contributed by atoms with Crippen molar-refractivity contribution in [2.24, 2.45) is 0 Å². The lowest BCUT2D eigenvalue weighted by Gasteiger charge is -2.21. The highest BCUT2D eigenvalue weighted by Crippen LogP contribution is 2.20. The number of carbonyl (C=O) groups excluding carboxylic acids is 1. The Morgan fingerprint density at radius 3 is 2.38 bits per heavy atom. The number of carbonyl (C=O) groups is 1. The second-order valence-electron chi connectivity index (χ2n) is 6.80. The molecule has 5 nitrogen and oxygen atoms in total. The van der Waals surface area contributed by atoms with Gasteiger partial charge in [-0.15, -0.1) is 0 Å². The summed E-state index contributed by atoms with van der Waals surface area (Å²) in [6, 6.07) is 6.36. The minimum absolute atomic E-state index is 0.140. The number of hydrogen-bond acceptors (Lipinski definition) is 3. The number of nitrogens with one attached hydrogen (secondary N) is 1. The molecule has 6 heteroatoms. The zero-order chi connectivity index (χ0) is 17.7. The Bertz CT molecular complexity index is 663. The maximum Gasteiger partial charge on any atom is 0.251 e. The summed E-state index contributed by atoms with van der Waals surface area (Å²) in [7, 11) is -2.03. The highest BCUT2D eigenvalue weighted by atomic mass is 32.2. The van der Waals surface area contributed by atoms with Gasteiger partial charge < -0.3 is 5.32 Å². The van der Waals surface area contributed by atoms with E-state index in [0.29, 0.717) is 5.56 Å². The molecule has 0 aliphatic heterocycles. The quantitative estimate of drug-likeness (QED) is 0.828. The molecule has 0 spiro atoms. The van der Waals surface area contributed by atoms with E-state index in [1.165, 1.54) is 29.3 Å². The first-order chi connectivity index (χ1) is 11.3.